The van der Waals surface area contributed by atoms with Crippen LogP contribution in [0.3, 0.4) is 0 Å². The van der Waals surface area contributed by atoms with Gasteiger partial charge in [-0.1, -0.05) is 22.0 Å². The number of hydrogen-bond donors (Lipinski definition) is 1. The van der Waals surface area contributed by atoms with E-state index in [0.717, 1.165) is 22.5 Å². The summed E-state index contributed by atoms with van der Waals surface area (Å²) in [5, 5.41) is 3.69. The molecule has 0 bridgehead atoms. The standard InChI is InChI=1S/C14H18BrN5S/c1-4-20(5-2)13-17-12(16-3)18-14(19-13)21-11-8-6-7-10(15)9-11/h6-9H,4-5H2,1-3H3,(H,16,17,18,19). The maximum Gasteiger partial charge on any atom is 0.231 e. The summed E-state index contributed by atoms with van der Waals surface area (Å²) in [5.41, 5.74) is 0. The van der Waals surface area contributed by atoms with E-state index in [0.29, 0.717) is 17.1 Å². The summed E-state index contributed by atoms with van der Waals surface area (Å²) in [6, 6.07) is 8.08. The third-order valence-electron chi connectivity index (χ3n) is 2.88. The molecular weight excluding hydrogens is 350 g/mol. The van der Waals surface area contributed by atoms with Crippen molar-refractivity contribution in [3.63, 3.8) is 0 Å². The topological polar surface area (TPSA) is 53.9 Å². The van der Waals surface area contributed by atoms with Gasteiger partial charge < -0.3 is 10.2 Å². The second-order valence-electron chi connectivity index (χ2n) is 4.22. The van der Waals surface area contributed by atoms with Crippen molar-refractivity contribution in [2.45, 2.75) is 23.9 Å². The SMILES string of the molecule is CCN(CC)c1nc(NC)nc(Sc2cccc(Br)c2)n1. The minimum absolute atomic E-state index is 0.587. The Hall–Kier alpha value is -1.34. The predicted octanol–water partition coefficient (Wildman–Crippen LogP) is 3.67. The van der Waals surface area contributed by atoms with Crippen molar-refractivity contribution in [1.82, 2.24) is 15.0 Å². The molecule has 7 heteroatoms. The average Bonchev–Trinajstić information content (AvgIpc) is 2.48. The molecule has 0 fully saturated rings. The highest BCUT2D eigenvalue weighted by molar-refractivity contribution is 9.10. The van der Waals surface area contributed by atoms with Crippen molar-refractivity contribution in [2.24, 2.45) is 0 Å². The van der Waals surface area contributed by atoms with Gasteiger partial charge in [0.1, 0.15) is 0 Å². The fourth-order valence-electron chi connectivity index (χ4n) is 1.79. The van der Waals surface area contributed by atoms with E-state index in [9.17, 15) is 0 Å². The van der Waals surface area contributed by atoms with Gasteiger partial charge in [0, 0.05) is 29.5 Å². The van der Waals surface area contributed by atoms with Crippen LogP contribution in [0.1, 0.15) is 13.8 Å². The van der Waals surface area contributed by atoms with E-state index in [4.69, 9.17) is 0 Å². The molecule has 21 heavy (non-hydrogen) atoms. The molecule has 0 aliphatic heterocycles. The first-order valence-electron chi connectivity index (χ1n) is 6.78. The van der Waals surface area contributed by atoms with Crippen LogP contribution in [0.4, 0.5) is 11.9 Å². The maximum absolute atomic E-state index is 4.56. The lowest BCUT2D eigenvalue weighted by Gasteiger charge is -2.19. The van der Waals surface area contributed by atoms with E-state index in [2.05, 4.69) is 54.9 Å². The van der Waals surface area contributed by atoms with E-state index in [1.165, 1.54) is 11.8 Å². The Kier molecular flexibility index (Phi) is 5.81. The van der Waals surface area contributed by atoms with Crippen molar-refractivity contribution in [1.29, 1.82) is 0 Å². The van der Waals surface area contributed by atoms with Gasteiger partial charge in [-0.3, -0.25) is 0 Å². The molecule has 1 N–H and O–H groups in total. The lowest BCUT2D eigenvalue weighted by molar-refractivity contribution is 0.784. The predicted molar refractivity (Wildman–Crippen MR) is 91.2 cm³/mol. The van der Waals surface area contributed by atoms with Crippen LogP contribution < -0.4 is 10.2 Å². The Balaban J connectivity index is 2.32. The summed E-state index contributed by atoms with van der Waals surface area (Å²) in [4.78, 5) is 16.6. The number of nitrogens with zero attached hydrogens (tertiary/aromatic N) is 4. The number of hydrogen-bond acceptors (Lipinski definition) is 6. The van der Waals surface area contributed by atoms with Crippen LogP contribution in [0, 0.1) is 0 Å². The van der Waals surface area contributed by atoms with E-state index in [-0.39, 0.29) is 0 Å². The molecule has 0 unspecified atom stereocenters. The number of anilines is 2. The minimum atomic E-state index is 0.587. The van der Waals surface area contributed by atoms with E-state index in [1.54, 1.807) is 0 Å². The zero-order valence-electron chi connectivity index (χ0n) is 12.3. The van der Waals surface area contributed by atoms with Gasteiger partial charge in [0.05, 0.1) is 0 Å². The second-order valence-corrected chi connectivity index (χ2v) is 6.18. The van der Waals surface area contributed by atoms with Crippen LogP contribution in [-0.4, -0.2) is 35.1 Å². The largest absolute Gasteiger partial charge is 0.357 e. The molecule has 5 nitrogen and oxygen atoms in total. The third kappa shape index (κ3) is 4.31. The molecular formula is C14H18BrN5S. The molecule has 0 saturated carbocycles. The molecule has 1 heterocycles. The number of nitrogens with one attached hydrogen (secondary N) is 1. The Morgan fingerprint density at radius 3 is 2.57 bits per heavy atom. The van der Waals surface area contributed by atoms with Crippen molar-refractivity contribution in [2.75, 3.05) is 30.4 Å². The molecule has 0 radical (unpaired) electrons. The Morgan fingerprint density at radius 1 is 1.19 bits per heavy atom. The van der Waals surface area contributed by atoms with Crippen LogP contribution in [0.25, 0.3) is 0 Å². The summed E-state index contributed by atoms with van der Waals surface area (Å²) in [5.74, 6) is 1.29. The van der Waals surface area contributed by atoms with Crippen LogP contribution in [0.5, 0.6) is 0 Å². The molecule has 0 aliphatic carbocycles. The molecule has 0 atom stereocenters. The normalized spacial score (nSPS) is 10.5. The average molecular weight is 368 g/mol. The van der Waals surface area contributed by atoms with Crippen molar-refractivity contribution >= 4 is 39.6 Å². The van der Waals surface area contributed by atoms with Gasteiger partial charge in [-0.15, -0.1) is 0 Å². The molecule has 2 aromatic rings. The summed E-state index contributed by atoms with van der Waals surface area (Å²) >= 11 is 5.00. The molecule has 1 aromatic carbocycles. The highest BCUT2D eigenvalue weighted by Crippen LogP contribution is 2.28. The van der Waals surface area contributed by atoms with Crippen molar-refractivity contribution in [3.8, 4) is 0 Å². The Labute approximate surface area is 137 Å². The van der Waals surface area contributed by atoms with Crippen molar-refractivity contribution < 1.29 is 0 Å². The summed E-state index contributed by atoms with van der Waals surface area (Å²) in [6.07, 6.45) is 0. The number of benzene rings is 1. The molecule has 112 valence electrons. The first kappa shape index (κ1) is 16.0. The van der Waals surface area contributed by atoms with Gasteiger partial charge in [0.15, 0.2) is 5.16 Å². The van der Waals surface area contributed by atoms with Crippen LogP contribution >= 0.6 is 27.7 Å². The van der Waals surface area contributed by atoms with Gasteiger partial charge in [0.2, 0.25) is 11.9 Å². The number of rotatable bonds is 6. The van der Waals surface area contributed by atoms with Crippen LogP contribution in [-0.2, 0) is 0 Å². The summed E-state index contributed by atoms with van der Waals surface area (Å²) in [7, 11) is 1.81. The molecule has 0 spiro atoms. The zero-order chi connectivity index (χ0) is 15.2. The first-order chi connectivity index (χ1) is 10.2. The number of aromatic nitrogens is 3. The van der Waals surface area contributed by atoms with Crippen LogP contribution in [0.2, 0.25) is 0 Å². The third-order valence-corrected chi connectivity index (χ3v) is 4.23. The molecule has 0 aliphatic rings. The molecule has 0 amide bonds. The zero-order valence-corrected chi connectivity index (χ0v) is 14.7. The Morgan fingerprint density at radius 2 is 1.95 bits per heavy atom. The van der Waals surface area contributed by atoms with Gasteiger partial charge in [-0.25, -0.2) is 0 Å². The monoisotopic (exact) mass is 367 g/mol. The first-order valence-corrected chi connectivity index (χ1v) is 8.39. The Bertz CT molecular complexity index is 604. The highest BCUT2D eigenvalue weighted by atomic mass is 79.9. The minimum Gasteiger partial charge on any atom is -0.357 e. The van der Waals surface area contributed by atoms with Gasteiger partial charge in [-0.2, -0.15) is 15.0 Å². The fourth-order valence-corrected chi connectivity index (χ4v) is 3.14. The highest BCUT2D eigenvalue weighted by Gasteiger charge is 2.11. The van der Waals surface area contributed by atoms with Crippen molar-refractivity contribution in [3.05, 3.63) is 28.7 Å². The summed E-state index contributed by atoms with van der Waals surface area (Å²) in [6.45, 7) is 5.91. The maximum atomic E-state index is 4.56. The van der Waals surface area contributed by atoms with E-state index < -0.39 is 0 Å². The fraction of sp³-hybridized carbons (Fsp3) is 0.357. The lowest BCUT2D eigenvalue weighted by Crippen LogP contribution is -2.25. The molecule has 2 rings (SSSR count). The van der Waals surface area contributed by atoms with Crippen LogP contribution in [0.15, 0.2) is 38.8 Å². The molecule has 1 aromatic heterocycles. The van der Waals surface area contributed by atoms with Gasteiger partial charge in [0.25, 0.3) is 0 Å². The van der Waals surface area contributed by atoms with E-state index in [1.807, 2.05) is 31.3 Å². The summed E-state index contributed by atoms with van der Waals surface area (Å²) < 4.78 is 1.04. The van der Waals surface area contributed by atoms with E-state index >= 15 is 0 Å². The van der Waals surface area contributed by atoms with Gasteiger partial charge >= 0.3 is 0 Å². The second kappa shape index (κ2) is 7.61. The van der Waals surface area contributed by atoms with Gasteiger partial charge in [-0.05, 0) is 43.8 Å². The lowest BCUT2D eigenvalue weighted by atomic mass is 10.4. The number of halogens is 1. The smallest absolute Gasteiger partial charge is 0.231 e. The molecule has 0 saturated heterocycles. The quantitative estimate of drug-likeness (QED) is 0.840.